The summed E-state index contributed by atoms with van der Waals surface area (Å²) in [5, 5.41) is 20.3. The Morgan fingerprint density at radius 1 is 1.00 bits per heavy atom. The topological polar surface area (TPSA) is 85.4 Å². The number of nitro groups is 1. The molecule has 0 amide bonds. The van der Waals surface area contributed by atoms with Crippen LogP contribution in [-0.4, -0.2) is 18.1 Å². The highest BCUT2D eigenvalue weighted by molar-refractivity contribution is 5.89. The van der Waals surface area contributed by atoms with Crippen molar-refractivity contribution >= 4 is 17.3 Å². The van der Waals surface area contributed by atoms with E-state index in [1.807, 2.05) is 55.5 Å². The molecule has 3 rings (SSSR count). The molecule has 0 unspecified atom stereocenters. The Morgan fingerprint density at radius 2 is 1.67 bits per heavy atom. The molecule has 0 heterocycles. The fraction of sp³-hybridized carbons (Fsp3) is 0.125. The maximum Gasteiger partial charge on any atom is 0.269 e. The van der Waals surface area contributed by atoms with Gasteiger partial charge in [-0.25, -0.2) is 0 Å². The predicted molar refractivity (Wildman–Crippen MR) is 115 cm³/mol. The number of benzene rings is 3. The van der Waals surface area contributed by atoms with E-state index in [2.05, 4.69) is 6.07 Å². The molecule has 3 aromatic rings. The summed E-state index contributed by atoms with van der Waals surface area (Å²) < 4.78 is 11.4. The van der Waals surface area contributed by atoms with Crippen molar-refractivity contribution in [3.05, 3.63) is 99.6 Å². The van der Waals surface area contributed by atoms with Crippen molar-refractivity contribution in [1.82, 2.24) is 0 Å². The van der Waals surface area contributed by atoms with Crippen LogP contribution >= 0.6 is 0 Å². The van der Waals surface area contributed by atoms with E-state index < -0.39 is 4.92 Å². The van der Waals surface area contributed by atoms with Gasteiger partial charge in [-0.2, -0.15) is 5.26 Å². The lowest BCUT2D eigenvalue weighted by atomic mass is 10.0. The van der Waals surface area contributed by atoms with Crippen LogP contribution in [0, 0.1) is 28.4 Å². The highest BCUT2D eigenvalue weighted by atomic mass is 16.6. The van der Waals surface area contributed by atoms with Crippen LogP contribution in [0.1, 0.15) is 16.7 Å². The number of hydrogen-bond donors (Lipinski definition) is 0. The first kappa shape index (κ1) is 20.6. The summed E-state index contributed by atoms with van der Waals surface area (Å²) >= 11 is 0. The van der Waals surface area contributed by atoms with Crippen molar-refractivity contribution in [2.24, 2.45) is 0 Å². The molecule has 0 saturated heterocycles. The van der Waals surface area contributed by atoms with Crippen LogP contribution in [0.15, 0.2) is 72.8 Å². The molecule has 0 aliphatic rings. The molecular formula is C24H20N2O4. The van der Waals surface area contributed by atoms with Crippen molar-refractivity contribution in [2.75, 3.05) is 13.2 Å². The molecule has 0 spiro atoms. The fourth-order valence-electron chi connectivity index (χ4n) is 2.76. The molecule has 3 aromatic carbocycles. The first-order valence-corrected chi connectivity index (χ1v) is 9.34. The minimum Gasteiger partial charge on any atom is -0.490 e. The van der Waals surface area contributed by atoms with E-state index in [0.717, 1.165) is 11.3 Å². The third-order valence-electron chi connectivity index (χ3n) is 4.32. The smallest absolute Gasteiger partial charge is 0.269 e. The molecule has 30 heavy (non-hydrogen) atoms. The molecular weight excluding hydrogens is 380 g/mol. The Hall–Kier alpha value is -4.11. The molecule has 0 fully saturated rings. The maximum absolute atomic E-state index is 10.8. The lowest BCUT2D eigenvalue weighted by Gasteiger charge is -2.09. The van der Waals surface area contributed by atoms with E-state index >= 15 is 0 Å². The van der Waals surface area contributed by atoms with Crippen LogP contribution in [0.2, 0.25) is 0 Å². The van der Waals surface area contributed by atoms with E-state index in [0.29, 0.717) is 30.1 Å². The van der Waals surface area contributed by atoms with Crippen molar-refractivity contribution in [3.63, 3.8) is 0 Å². The SMILES string of the molecule is Cc1ccc(OCCOc2cccc(/C=C(\C#N)c3ccc([N+](=O)[O-])cc3)c2)cc1. The molecule has 6 nitrogen and oxygen atoms in total. The summed E-state index contributed by atoms with van der Waals surface area (Å²) in [4.78, 5) is 10.3. The van der Waals surface area contributed by atoms with Gasteiger partial charge < -0.3 is 9.47 Å². The van der Waals surface area contributed by atoms with Crippen LogP contribution in [0.3, 0.4) is 0 Å². The number of nitrogens with zero attached hydrogens (tertiary/aromatic N) is 2. The summed E-state index contributed by atoms with van der Waals surface area (Å²) in [6.45, 7) is 2.82. The van der Waals surface area contributed by atoms with Crippen molar-refractivity contribution in [1.29, 1.82) is 5.26 Å². The lowest BCUT2D eigenvalue weighted by Crippen LogP contribution is -2.08. The third kappa shape index (κ3) is 5.69. The minimum absolute atomic E-state index is 0.0145. The quantitative estimate of drug-likeness (QED) is 0.166. The minimum atomic E-state index is -0.469. The molecule has 0 saturated carbocycles. The van der Waals surface area contributed by atoms with Gasteiger partial charge in [0, 0.05) is 12.1 Å². The second-order valence-electron chi connectivity index (χ2n) is 6.56. The molecule has 0 aliphatic heterocycles. The van der Waals surface area contributed by atoms with Gasteiger partial charge in [-0.15, -0.1) is 0 Å². The second kappa shape index (κ2) is 9.89. The number of rotatable bonds is 8. The number of non-ortho nitro benzene ring substituents is 1. The number of hydrogen-bond acceptors (Lipinski definition) is 5. The Kier molecular flexibility index (Phi) is 6.80. The number of nitriles is 1. The monoisotopic (exact) mass is 400 g/mol. The van der Waals surface area contributed by atoms with Gasteiger partial charge in [-0.1, -0.05) is 29.8 Å². The zero-order valence-corrected chi connectivity index (χ0v) is 16.4. The maximum atomic E-state index is 10.8. The number of ether oxygens (including phenoxy) is 2. The van der Waals surface area contributed by atoms with Crippen molar-refractivity contribution in [2.45, 2.75) is 6.92 Å². The predicted octanol–water partition coefficient (Wildman–Crippen LogP) is 5.43. The van der Waals surface area contributed by atoms with E-state index in [4.69, 9.17) is 9.47 Å². The highest BCUT2D eigenvalue weighted by Gasteiger charge is 2.07. The van der Waals surface area contributed by atoms with Gasteiger partial charge in [0.05, 0.1) is 16.6 Å². The number of allylic oxidation sites excluding steroid dienone is 1. The second-order valence-corrected chi connectivity index (χ2v) is 6.56. The number of aryl methyl sites for hydroxylation is 1. The van der Waals surface area contributed by atoms with Crippen LogP contribution in [0.25, 0.3) is 11.6 Å². The Labute approximate surface area is 174 Å². The summed E-state index contributed by atoms with van der Waals surface area (Å²) in [6, 6.07) is 23.2. The average Bonchev–Trinajstić information content (AvgIpc) is 2.76. The summed E-state index contributed by atoms with van der Waals surface area (Å²) in [5.41, 5.74) is 2.97. The van der Waals surface area contributed by atoms with Gasteiger partial charge >= 0.3 is 0 Å². The number of nitro benzene ring substituents is 1. The van der Waals surface area contributed by atoms with E-state index in [1.165, 1.54) is 17.7 Å². The van der Waals surface area contributed by atoms with Crippen LogP contribution in [-0.2, 0) is 0 Å². The van der Waals surface area contributed by atoms with Crippen molar-refractivity contribution in [3.8, 4) is 17.6 Å². The first-order valence-electron chi connectivity index (χ1n) is 9.34. The molecule has 0 N–H and O–H groups in total. The van der Waals surface area contributed by atoms with Gasteiger partial charge in [-0.3, -0.25) is 10.1 Å². The first-order chi connectivity index (χ1) is 14.5. The van der Waals surface area contributed by atoms with Crippen LogP contribution in [0.4, 0.5) is 5.69 Å². The van der Waals surface area contributed by atoms with Gasteiger partial charge in [0.2, 0.25) is 0 Å². The standard InChI is InChI=1S/C24H20N2O4/c1-18-5-11-23(12-6-18)29-13-14-30-24-4-2-3-19(16-24)15-21(17-25)20-7-9-22(10-8-20)26(27)28/h2-12,15-16H,13-14H2,1H3/b21-15+. The molecule has 6 heteroatoms. The van der Waals surface area contributed by atoms with E-state index in [1.54, 1.807) is 18.2 Å². The summed E-state index contributed by atoms with van der Waals surface area (Å²) in [5.74, 6) is 1.46. The van der Waals surface area contributed by atoms with Gasteiger partial charge in [0.1, 0.15) is 24.7 Å². The third-order valence-corrected chi connectivity index (χ3v) is 4.32. The van der Waals surface area contributed by atoms with Gasteiger partial charge in [-0.05, 0) is 60.5 Å². The molecule has 150 valence electrons. The van der Waals surface area contributed by atoms with E-state index in [-0.39, 0.29) is 5.69 Å². The van der Waals surface area contributed by atoms with Crippen LogP contribution in [0.5, 0.6) is 11.5 Å². The molecule has 0 radical (unpaired) electrons. The fourth-order valence-corrected chi connectivity index (χ4v) is 2.76. The van der Waals surface area contributed by atoms with Crippen molar-refractivity contribution < 1.29 is 14.4 Å². The lowest BCUT2D eigenvalue weighted by molar-refractivity contribution is -0.384. The average molecular weight is 400 g/mol. The Balaban J connectivity index is 1.62. The Bertz CT molecular complexity index is 1080. The molecule has 0 bridgehead atoms. The molecule has 0 aliphatic carbocycles. The zero-order valence-electron chi connectivity index (χ0n) is 16.4. The zero-order chi connectivity index (χ0) is 21.3. The summed E-state index contributed by atoms with van der Waals surface area (Å²) in [7, 11) is 0. The Morgan fingerprint density at radius 3 is 2.30 bits per heavy atom. The molecule has 0 atom stereocenters. The molecule has 0 aromatic heterocycles. The van der Waals surface area contributed by atoms with Crippen LogP contribution < -0.4 is 9.47 Å². The van der Waals surface area contributed by atoms with Gasteiger partial charge in [0.25, 0.3) is 5.69 Å². The summed E-state index contributed by atoms with van der Waals surface area (Å²) in [6.07, 6.45) is 1.72. The largest absolute Gasteiger partial charge is 0.490 e. The van der Waals surface area contributed by atoms with E-state index in [9.17, 15) is 15.4 Å². The normalized spacial score (nSPS) is 10.9. The van der Waals surface area contributed by atoms with Gasteiger partial charge in [0.15, 0.2) is 0 Å². The highest BCUT2D eigenvalue weighted by Crippen LogP contribution is 2.22.